The van der Waals surface area contributed by atoms with Gasteiger partial charge in [-0.3, -0.25) is 0 Å². The molecule has 3 N–H and O–H groups in total. The molecule has 0 aliphatic rings. The van der Waals surface area contributed by atoms with Crippen LogP contribution in [0.4, 0.5) is 0 Å². The minimum absolute atomic E-state index is 0.656. The summed E-state index contributed by atoms with van der Waals surface area (Å²) in [7, 11) is 0. The van der Waals surface area contributed by atoms with E-state index in [9.17, 15) is 0 Å². The molecular weight excluding hydrogens is 280 g/mol. The highest BCUT2D eigenvalue weighted by atomic mass is 35.5. The number of benzene rings is 1. The van der Waals surface area contributed by atoms with E-state index >= 15 is 0 Å². The number of halogens is 1. The van der Waals surface area contributed by atoms with E-state index in [1.807, 2.05) is 25.1 Å². The van der Waals surface area contributed by atoms with E-state index in [0.717, 1.165) is 36.2 Å². The lowest BCUT2D eigenvalue weighted by Gasteiger charge is -2.02. The molecule has 2 rings (SSSR count). The Morgan fingerprint density at radius 1 is 1.19 bits per heavy atom. The Morgan fingerprint density at radius 3 is 2.81 bits per heavy atom. The second-order valence-electron chi connectivity index (χ2n) is 5.13. The fourth-order valence-corrected chi connectivity index (χ4v) is 2.75. The second kappa shape index (κ2) is 8.06. The smallest absolute Gasteiger partial charge is 0.0460 e. The SMILES string of the molecule is C/C=C\C/C=C\CCc1[nH]c2ccc(Cl)cc2c1CCN. The van der Waals surface area contributed by atoms with Crippen molar-refractivity contribution >= 4 is 22.5 Å². The van der Waals surface area contributed by atoms with E-state index in [-0.39, 0.29) is 0 Å². The number of aryl methyl sites for hydroxylation is 1. The van der Waals surface area contributed by atoms with E-state index in [1.54, 1.807) is 0 Å². The molecule has 0 unspecified atom stereocenters. The Balaban J connectivity index is 2.14. The molecule has 0 spiro atoms. The van der Waals surface area contributed by atoms with Crippen molar-refractivity contribution in [1.82, 2.24) is 4.98 Å². The van der Waals surface area contributed by atoms with Crippen molar-refractivity contribution in [3.63, 3.8) is 0 Å². The van der Waals surface area contributed by atoms with Crippen LogP contribution in [0.25, 0.3) is 10.9 Å². The lowest BCUT2D eigenvalue weighted by atomic mass is 10.0. The molecule has 2 aromatic rings. The summed E-state index contributed by atoms with van der Waals surface area (Å²) in [6.45, 7) is 2.70. The molecule has 1 heterocycles. The number of aromatic amines is 1. The number of H-pyrrole nitrogens is 1. The van der Waals surface area contributed by atoms with Crippen molar-refractivity contribution in [2.45, 2.75) is 32.6 Å². The van der Waals surface area contributed by atoms with Crippen LogP contribution in [0.2, 0.25) is 5.02 Å². The maximum absolute atomic E-state index is 6.11. The molecule has 21 heavy (non-hydrogen) atoms. The topological polar surface area (TPSA) is 41.8 Å². The summed E-state index contributed by atoms with van der Waals surface area (Å²) < 4.78 is 0. The summed E-state index contributed by atoms with van der Waals surface area (Å²) in [5.74, 6) is 0. The Bertz CT molecular complexity index is 638. The van der Waals surface area contributed by atoms with Gasteiger partial charge in [0.1, 0.15) is 0 Å². The maximum atomic E-state index is 6.11. The number of rotatable bonds is 7. The van der Waals surface area contributed by atoms with Gasteiger partial charge in [-0.25, -0.2) is 0 Å². The zero-order chi connectivity index (χ0) is 15.1. The van der Waals surface area contributed by atoms with Crippen LogP contribution in [0.1, 0.15) is 31.0 Å². The van der Waals surface area contributed by atoms with E-state index in [4.69, 9.17) is 17.3 Å². The first-order valence-electron chi connectivity index (χ1n) is 7.51. The summed E-state index contributed by atoms with van der Waals surface area (Å²) in [6, 6.07) is 6.00. The fraction of sp³-hybridized carbons (Fsp3) is 0.333. The van der Waals surface area contributed by atoms with Gasteiger partial charge in [-0.1, -0.05) is 35.9 Å². The monoisotopic (exact) mass is 302 g/mol. The van der Waals surface area contributed by atoms with Gasteiger partial charge in [0.2, 0.25) is 0 Å². The van der Waals surface area contributed by atoms with Crippen LogP contribution >= 0.6 is 11.6 Å². The van der Waals surface area contributed by atoms with Crippen molar-refractivity contribution < 1.29 is 0 Å². The molecule has 112 valence electrons. The number of aromatic nitrogens is 1. The predicted molar refractivity (Wildman–Crippen MR) is 93.0 cm³/mol. The molecule has 0 saturated heterocycles. The van der Waals surface area contributed by atoms with Crippen molar-refractivity contribution in [1.29, 1.82) is 0 Å². The third-order valence-electron chi connectivity index (χ3n) is 3.59. The van der Waals surface area contributed by atoms with E-state index in [2.05, 4.69) is 29.3 Å². The largest absolute Gasteiger partial charge is 0.358 e. The minimum atomic E-state index is 0.656. The average molecular weight is 303 g/mol. The van der Waals surface area contributed by atoms with Crippen LogP contribution in [-0.2, 0) is 12.8 Å². The first-order chi connectivity index (χ1) is 10.3. The van der Waals surface area contributed by atoms with Crippen molar-refractivity contribution in [2.75, 3.05) is 6.54 Å². The third kappa shape index (κ3) is 4.23. The molecule has 0 aliphatic carbocycles. The molecule has 0 aliphatic heterocycles. The number of allylic oxidation sites excluding steroid dienone is 4. The quantitative estimate of drug-likeness (QED) is 0.710. The van der Waals surface area contributed by atoms with Crippen LogP contribution < -0.4 is 5.73 Å². The normalized spacial score (nSPS) is 12.1. The molecule has 2 nitrogen and oxygen atoms in total. The molecule has 0 bridgehead atoms. The summed E-state index contributed by atoms with van der Waals surface area (Å²) in [4.78, 5) is 3.52. The van der Waals surface area contributed by atoms with Crippen LogP contribution in [0.3, 0.4) is 0 Å². The molecule has 1 aromatic carbocycles. The number of fused-ring (bicyclic) bond motifs is 1. The van der Waals surface area contributed by atoms with Gasteiger partial charge < -0.3 is 10.7 Å². The Kier molecular flexibility index (Phi) is 6.09. The Morgan fingerprint density at radius 2 is 2.05 bits per heavy atom. The highest BCUT2D eigenvalue weighted by molar-refractivity contribution is 6.31. The van der Waals surface area contributed by atoms with Gasteiger partial charge in [0, 0.05) is 21.6 Å². The van der Waals surface area contributed by atoms with Crippen molar-refractivity contribution in [3.8, 4) is 0 Å². The van der Waals surface area contributed by atoms with E-state index in [0.29, 0.717) is 6.54 Å². The summed E-state index contributed by atoms with van der Waals surface area (Å²) in [5.41, 5.74) is 9.51. The molecule has 0 atom stereocenters. The molecule has 3 heteroatoms. The maximum Gasteiger partial charge on any atom is 0.0460 e. The minimum Gasteiger partial charge on any atom is -0.358 e. The van der Waals surface area contributed by atoms with Crippen LogP contribution in [0.15, 0.2) is 42.5 Å². The first-order valence-corrected chi connectivity index (χ1v) is 7.89. The zero-order valence-electron chi connectivity index (χ0n) is 12.5. The van der Waals surface area contributed by atoms with Crippen LogP contribution in [0, 0.1) is 0 Å². The van der Waals surface area contributed by atoms with Gasteiger partial charge in [-0.2, -0.15) is 0 Å². The highest BCUT2D eigenvalue weighted by Crippen LogP contribution is 2.26. The average Bonchev–Trinajstić information content (AvgIpc) is 2.81. The lowest BCUT2D eigenvalue weighted by Crippen LogP contribution is -2.04. The predicted octanol–water partition coefficient (Wildman–Crippen LogP) is 4.78. The standard InChI is InChI=1S/C18H23ClN2/c1-2-3-4-5-6-7-8-17-15(11-12-20)16-13-14(19)9-10-18(16)21-17/h2-3,5-6,9-10,13,21H,4,7-8,11-12,20H2,1H3/b3-2-,6-5-. The number of hydrogen-bond acceptors (Lipinski definition) is 1. The Hall–Kier alpha value is -1.51. The second-order valence-corrected chi connectivity index (χ2v) is 5.56. The highest BCUT2D eigenvalue weighted by Gasteiger charge is 2.10. The van der Waals surface area contributed by atoms with Crippen LogP contribution in [0.5, 0.6) is 0 Å². The van der Waals surface area contributed by atoms with Gasteiger partial charge in [0.15, 0.2) is 0 Å². The molecule has 0 radical (unpaired) electrons. The first kappa shape index (κ1) is 15.9. The van der Waals surface area contributed by atoms with Gasteiger partial charge in [0.25, 0.3) is 0 Å². The fourth-order valence-electron chi connectivity index (χ4n) is 2.58. The summed E-state index contributed by atoms with van der Waals surface area (Å²) in [5, 5.41) is 1.98. The van der Waals surface area contributed by atoms with E-state index in [1.165, 1.54) is 16.6 Å². The zero-order valence-corrected chi connectivity index (χ0v) is 13.3. The van der Waals surface area contributed by atoms with E-state index < -0.39 is 0 Å². The molecular formula is C18H23ClN2. The van der Waals surface area contributed by atoms with Gasteiger partial charge in [0.05, 0.1) is 0 Å². The number of nitrogens with one attached hydrogen (secondary N) is 1. The Labute approximate surface area is 131 Å². The molecule has 0 saturated carbocycles. The summed E-state index contributed by atoms with van der Waals surface area (Å²) >= 11 is 6.11. The number of hydrogen-bond donors (Lipinski definition) is 2. The van der Waals surface area contributed by atoms with Gasteiger partial charge in [-0.15, -0.1) is 0 Å². The van der Waals surface area contributed by atoms with Crippen molar-refractivity contribution in [3.05, 3.63) is 58.8 Å². The summed E-state index contributed by atoms with van der Waals surface area (Å²) in [6.07, 6.45) is 12.6. The third-order valence-corrected chi connectivity index (χ3v) is 3.82. The lowest BCUT2D eigenvalue weighted by molar-refractivity contribution is 0.900. The number of nitrogens with two attached hydrogens (primary N) is 1. The van der Waals surface area contributed by atoms with Crippen molar-refractivity contribution in [2.24, 2.45) is 5.73 Å². The molecule has 0 fully saturated rings. The molecule has 1 aromatic heterocycles. The van der Waals surface area contributed by atoms with Crippen LogP contribution in [-0.4, -0.2) is 11.5 Å². The molecule has 0 amide bonds. The van der Waals surface area contributed by atoms with Gasteiger partial charge >= 0.3 is 0 Å². The van der Waals surface area contributed by atoms with Gasteiger partial charge in [-0.05, 0) is 62.9 Å².